The van der Waals surface area contributed by atoms with Crippen LogP contribution in [0.4, 0.5) is 0 Å². The molecule has 3 nitrogen and oxygen atoms in total. The van der Waals surface area contributed by atoms with E-state index in [0.717, 1.165) is 17.1 Å². The Morgan fingerprint density at radius 2 is 2.05 bits per heavy atom. The van der Waals surface area contributed by atoms with Crippen LogP contribution in [0.15, 0.2) is 35.0 Å². The smallest absolute Gasteiger partial charge is 0.219 e. The van der Waals surface area contributed by atoms with E-state index in [-0.39, 0.29) is 5.91 Å². The first-order valence-electron chi connectivity index (χ1n) is 6.78. The quantitative estimate of drug-likeness (QED) is 0.727. The van der Waals surface area contributed by atoms with Crippen molar-refractivity contribution < 1.29 is 4.79 Å². The molecule has 0 radical (unpaired) electrons. The molecule has 0 aliphatic heterocycles. The summed E-state index contributed by atoms with van der Waals surface area (Å²) in [5, 5.41) is 6.62. The Hall–Kier alpha value is -1.72. The van der Waals surface area contributed by atoms with Crippen LogP contribution in [-0.2, 0) is 11.2 Å². The molecule has 1 amide bonds. The second-order valence-electron chi connectivity index (χ2n) is 4.96. The number of thiazole rings is 1. The molecule has 5 heteroatoms. The van der Waals surface area contributed by atoms with E-state index in [9.17, 15) is 4.79 Å². The van der Waals surface area contributed by atoms with Gasteiger partial charge in [0.05, 0.1) is 10.7 Å². The molecule has 0 N–H and O–H groups in total. The molecule has 0 fully saturated rings. The molecule has 0 unspecified atom stereocenters. The van der Waals surface area contributed by atoms with Crippen LogP contribution >= 0.6 is 22.7 Å². The van der Waals surface area contributed by atoms with Gasteiger partial charge in [-0.1, -0.05) is 18.2 Å². The lowest BCUT2D eigenvalue weighted by molar-refractivity contribution is -0.127. The minimum absolute atomic E-state index is 0.0932. The lowest BCUT2D eigenvalue weighted by Gasteiger charge is -2.12. The van der Waals surface area contributed by atoms with Gasteiger partial charge in [0.25, 0.3) is 0 Å². The summed E-state index contributed by atoms with van der Waals surface area (Å²) in [5.41, 5.74) is 2.25. The van der Waals surface area contributed by atoms with Gasteiger partial charge in [0.2, 0.25) is 5.91 Å². The standard InChI is InChI=1S/C16H16N2OS2/c1-11(19)18(2)8-7-16-17-14(10-21-16)13-9-20-15-6-4-3-5-12(13)15/h3-6,9-10H,7-8H2,1-2H3. The minimum atomic E-state index is 0.0932. The number of likely N-dealkylation sites (N-methyl/N-ethyl adjacent to an activating group) is 1. The highest BCUT2D eigenvalue weighted by Crippen LogP contribution is 2.34. The highest BCUT2D eigenvalue weighted by atomic mass is 32.1. The summed E-state index contributed by atoms with van der Waals surface area (Å²) in [6.07, 6.45) is 0.808. The molecule has 3 rings (SSSR count). The molecule has 0 aliphatic rings. The lowest BCUT2D eigenvalue weighted by Crippen LogP contribution is -2.26. The van der Waals surface area contributed by atoms with Crippen LogP contribution < -0.4 is 0 Å². The number of carbonyl (C=O) groups is 1. The highest BCUT2D eigenvalue weighted by molar-refractivity contribution is 7.17. The van der Waals surface area contributed by atoms with Gasteiger partial charge < -0.3 is 4.90 Å². The van der Waals surface area contributed by atoms with E-state index < -0.39 is 0 Å². The third-order valence-electron chi connectivity index (χ3n) is 3.51. The zero-order valence-corrected chi connectivity index (χ0v) is 13.6. The van der Waals surface area contributed by atoms with Crippen molar-refractivity contribution in [1.82, 2.24) is 9.88 Å². The Morgan fingerprint density at radius 3 is 2.86 bits per heavy atom. The van der Waals surface area contributed by atoms with Crippen LogP contribution in [0.3, 0.4) is 0 Å². The van der Waals surface area contributed by atoms with Crippen molar-refractivity contribution in [2.45, 2.75) is 13.3 Å². The molecule has 0 saturated carbocycles. The summed E-state index contributed by atoms with van der Waals surface area (Å²) in [7, 11) is 1.82. The molecular weight excluding hydrogens is 300 g/mol. The second kappa shape index (κ2) is 5.95. The van der Waals surface area contributed by atoms with E-state index in [1.807, 2.05) is 7.05 Å². The Balaban J connectivity index is 1.80. The van der Waals surface area contributed by atoms with Crippen LogP contribution in [0.25, 0.3) is 21.3 Å². The average molecular weight is 316 g/mol. The number of nitrogens with zero attached hydrogens (tertiary/aromatic N) is 2. The molecule has 21 heavy (non-hydrogen) atoms. The van der Waals surface area contributed by atoms with Gasteiger partial charge in [0, 0.05) is 53.3 Å². The van der Waals surface area contributed by atoms with Crippen LogP contribution in [0.5, 0.6) is 0 Å². The maximum Gasteiger partial charge on any atom is 0.219 e. The molecule has 1 aromatic carbocycles. The molecule has 3 aromatic rings. The lowest BCUT2D eigenvalue weighted by atomic mass is 10.1. The molecule has 2 aromatic heterocycles. The fourth-order valence-electron chi connectivity index (χ4n) is 2.15. The predicted molar refractivity (Wildman–Crippen MR) is 89.9 cm³/mol. The van der Waals surface area contributed by atoms with Crippen molar-refractivity contribution >= 4 is 38.7 Å². The number of benzene rings is 1. The van der Waals surface area contributed by atoms with Crippen molar-refractivity contribution in [3.8, 4) is 11.3 Å². The van der Waals surface area contributed by atoms with E-state index in [1.165, 1.54) is 15.6 Å². The van der Waals surface area contributed by atoms with E-state index >= 15 is 0 Å². The van der Waals surface area contributed by atoms with E-state index in [1.54, 1.807) is 34.5 Å². The molecular formula is C16H16N2OS2. The fraction of sp³-hybridized carbons (Fsp3) is 0.250. The Kier molecular flexibility index (Phi) is 4.03. The van der Waals surface area contributed by atoms with Crippen LogP contribution in [0, 0.1) is 0 Å². The molecule has 0 spiro atoms. The summed E-state index contributed by atoms with van der Waals surface area (Å²) < 4.78 is 1.29. The summed E-state index contributed by atoms with van der Waals surface area (Å²) in [6.45, 7) is 2.30. The number of carbonyl (C=O) groups excluding carboxylic acids is 1. The second-order valence-corrected chi connectivity index (χ2v) is 6.82. The number of rotatable bonds is 4. The van der Waals surface area contributed by atoms with Crippen LogP contribution in [0.1, 0.15) is 11.9 Å². The normalized spacial score (nSPS) is 11.0. The van der Waals surface area contributed by atoms with Gasteiger partial charge in [-0.3, -0.25) is 4.79 Å². The number of aromatic nitrogens is 1. The van der Waals surface area contributed by atoms with Crippen molar-refractivity contribution in [1.29, 1.82) is 0 Å². The van der Waals surface area contributed by atoms with Gasteiger partial charge in [-0.15, -0.1) is 22.7 Å². The molecule has 0 aliphatic carbocycles. The summed E-state index contributed by atoms with van der Waals surface area (Å²) in [4.78, 5) is 17.7. The van der Waals surface area contributed by atoms with Crippen molar-refractivity contribution in [2.24, 2.45) is 0 Å². The number of hydrogen-bond donors (Lipinski definition) is 0. The highest BCUT2D eigenvalue weighted by Gasteiger charge is 2.10. The third kappa shape index (κ3) is 2.99. The maximum absolute atomic E-state index is 11.2. The largest absolute Gasteiger partial charge is 0.346 e. The minimum Gasteiger partial charge on any atom is -0.346 e. The Labute approximate surface area is 131 Å². The van der Waals surface area contributed by atoms with Gasteiger partial charge >= 0.3 is 0 Å². The molecule has 0 atom stereocenters. The molecule has 108 valence electrons. The van der Waals surface area contributed by atoms with Gasteiger partial charge in [-0.05, 0) is 6.07 Å². The number of thiophene rings is 1. The van der Waals surface area contributed by atoms with Gasteiger partial charge in [-0.25, -0.2) is 4.98 Å². The molecule has 0 saturated heterocycles. The Morgan fingerprint density at radius 1 is 1.24 bits per heavy atom. The van der Waals surface area contributed by atoms with E-state index in [0.29, 0.717) is 6.54 Å². The fourth-order valence-corrected chi connectivity index (χ4v) is 3.89. The Bertz CT molecular complexity index is 775. The zero-order valence-electron chi connectivity index (χ0n) is 12.0. The topological polar surface area (TPSA) is 33.2 Å². The SMILES string of the molecule is CC(=O)N(C)CCc1nc(-c2csc3ccccc23)cs1. The van der Waals surface area contributed by atoms with Crippen LogP contribution in [-0.4, -0.2) is 29.4 Å². The van der Waals surface area contributed by atoms with Crippen molar-refractivity contribution in [3.05, 3.63) is 40.0 Å². The van der Waals surface area contributed by atoms with Crippen molar-refractivity contribution in [2.75, 3.05) is 13.6 Å². The van der Waals surface area contributed by atoms with Gasteiger partial charge in [0.15, 0.2) is 0 Å². The summed E-state index contributed by atoms with van der Waals surface area (Å²) in [5.74, 6) is 0.0932. The molecule has 2 heterocycles. The van der Waals surface area contributed by atoms with Gasteiger partial charge in [-0.2, -0.15) is 0 Å². The first-order valence-corrected chi connectivity index (χ1v) is 8.54. The molecule has 0 bridgehead atoms. The number of fused-ring (bicyclic) bond motifs is 1. The van der Waals surface area contributed by atoms with Crippen LogP contribution in [0.2, 0.25) is 0 Å². The first kappa shape index (κ1) is 14.2. The summed E-state index contributed by atoms with van der Waals surface area (Å²) >= 11 is 3.42. The third-order valence-corrected chi connectivity index (χ3v) is 5.38. The van der Waals surface area contributed by atoms with Crippen molar-refractivity contribution in [3.63, 3.8) is 0 Å². The number of hydrogen-bond acceptors (Lipinski definition) is 4. The predicted octanol–water partition coefficient (Wildman–Crippen LogP) is 4.05. The first-order chi connectivity index (χ1) is 10.1. The van der Waals surface area contributed by atoms with E-state index in [2.05, 4.69) is 35.0 Å². The monoisotopic (exact) mass is 316 g/mol. The number of amides is 1. The summed E-state index contributed by atoms with van der Waals surface area (Å²) in [6, 6.07) is 8.41. The van der Waals surface area contributed by atoms with Gasteiger partial charge in [0.1, 0.15) is 0 Å². The maximum atomic E-state index is 11.2. The average Bonchev–Trinajstić information content (AvgIpc) is 3.10. The zero-order chi connectivity index (χ0) is 14.8. The van der Waals surface area contributed by atoms with E-state index in [4.69, 9.17) is 4.98 Å².